The molecule has 3 amide bonds. The molecule has 3 N–H and O–H groups in total. The van der Waals surface area contributed by atoms with Gasteiger partial charge < -0.3 is 10.6 Å². The van der Waals surface area contributed by atoms with Gasteiger partial charge in [0.15, 0.2) is 5.13 Å². The SMILES string of the molecule is Cc1ccccc1NC(=O)Cc1csc(NC(=O)NC2CCCC2)n1. The number of urea groups is 1. The number of hydrogen-bond donors (Lipinski definition) is 3. The van der Waals surface area contributed by atoms with Crippen LogP contribution in [0.3, 0.4) is 0 Å². The molecule has 1 saturated carbocycles. The van der Waals surface area contributed by atoms with Crippen molar-refractivity contribution in [3.8, 4) is 0 Å². The van der Waals surface area contributed by atoms with E-state index in [2.05, 4.69) is 20.9 Å². The lowest BCUT2D eigenvalue weighted by molar-refractivity contribution is -0.115. The summed E-state index contributed by atoms with van der Waals surface area (Å²) in [5.74, 6) is -0.124. The highest BCUT2D eigenvalue weighted by atomic mass is 32.1. The summed E-state index contributed by atoms with van der Waals surface area (Å²) in [6.45, 7) is 1.95. The lowest BCUT2D eigenvalue weighted by Gasteiger charge is -2.11. The van der Waals surface area contributed by atoms with Gasteiger partial charge in [-0.1, -0.05) is 31.0 Å². The maximum absolute atomic E-state index is 12.1. The molecule has 1 heterocycles. The zero-order valence-electron chi connectivity index (χ0n) is 14.2. The van der Waals surface area contributed by atoms with E-state index in [0.717, 1.165) is 24.1 Å². The van der Waals surface area contributed by atoms with Gasteiger partial charge in [0, 0.05) is 17.1 Å². The fraction of sp³-hybridized carbons (Fsp3) is 0.389. The Kier molecular flexibility index (Phi) is 5.65. The first-order valence-corrected chi connectivity index (χ1v) is 9.35. The number of anilines is 2. The van der Waals surface area contributed by atoms with Crippen molar-refractivity contribution in [2.75, 3.05) is 10.6 Å². The van der Waals surface area contributed by atoms with Crippen molar-refractivity contribution in [1.82, 2.24) is 10.3 Å². The highest BCUT2D eigenvalue weighted by molar-refractivity contribution is 7.13. The molecule has 1 aliphatic rings. The van der Waals surface area contributed by atoms with Crippen molar-refractivity contribution in [3.63, 3.8) is 0 Å². The number of aryl methyl sites for hydroxylation is 1. The van der Waals surface area contributed by atoms with Gasteiger partial charge in [-0.15, -0.1) is 11.3 Å². The Morgan fingerprint density at radius 3 is 2.72 bits per heavy atom. The van der Waals surface area contributed by atoms with E-state index in [1.54, 1.807) is 5.38 Å². The average Bonchev–Trinajstić information content (AvgIpc) is 3.22. The van der Waals surface area contributed by atoms with E-state index in [1.807, 2.05) is 31.2 Å². The molecule has 0 unspecified atom stereocenters. The van der Waals surface area contributed by atoms with E-state index >= 15 is 0 Å². The molecular weight excluding hydrogens is 336 g/mol. The predicted octanol–water partition coefficient (Wildman–Crippen LogP) is 3.70. The topological polar surface area (TPSA) is 83.1 Å². The molecule has 25 heavy (non-hydrogen) atoms. The van der Waals surface area contributed by atoms with Crippen LogP contribution in [0.2, 0.25) is 0 Å². The molecule has 6 nitrogen and oxygen atoms in total. The van der Waals surface area contributed by atoms with Crippen molar-refractivity contribution in [1.29, 1.82) is 0 Å². The lowest BCUT2D eigenvalue weighted by atomic mass is 10.2. The minimum Gasteiger partial charge on any atom is -0.335 e. The summed E-state index contributed by atoms with van der Waals surface area (Å²) in [4.78, 5) is 28.4. The number of hydrogen-bond acceptors (Lipinski definition) is 4. The van der Waals surface area contributed by atoms with Crippen LogP contribution in [0.5, 0.6) is 0 Å². The zero-order valence-corrected chi connectivity index (χ0v) is 15.0. The standard InChI is InChI=1S/C18H22N4O2S/c1-12-6-2-5-9-15(12)21-16(23)10-14-11-25-18(20-14)22-17(24)19-13-7-3-4-8-13/h2,5-6,9,11,13H,3-4,7-8,10H2,1H3,(H,21,23)(H2,19,20,22,24). The third-order valence-electron chi connectivity index (χ3n) is 4.22. The van der Waals surface area contributed by atoms with E-state index < -0.39 is 0 Å². The van der Waals surface area contributed by atoms with Crippen molar-refractivity contribution < 1.29 is 9.59 Å². The first-order chi connectivity index (χ1) is 12.1. The molecule has 1 aromatic carbocycles. The molecule has 1 aromatic heterocycles. The molecular formula is C18H22N4O2S. The van der Waals surface area contributed by atoms with Crippen LogP contribution in [0, 0.1) is 6.92 Å². The summed E-state index contributed by atoms with van der Waals surface area (Å²) in [5.41, 5.74) is 2.46. The first kappa shape index (κ1) is 17.4. The molecule has 132 valence electrons. The summed E-state index contributed by atoms with van der Waals surface area (Å²) in [5, 5.41) is 10.9. The number of benzene rings is 1. The van der Waals surface area contributed by atoms with E-state index in [9.17, 15) is 9.59 Å². The Hall–Kier alpha value is -2.41. The molecule has 0 bridgehead atoms. The van der Waals surface area contributed by atoms with Crippen LogP contribution in [0.4, 0.5) is 15.6 Å². The number of rotatable bonds is 5. The molecule has 3 rings (SSSR count). The second-order valence-corrected chi connectivity index (χ2v) is 7.12. The van der Waals surface area contributed by atoms with Crippen LogP contribution >= 0.6 is 11.3 Å². The fourth-order valence-electron chi connectivity index (χ4n) is 2.91. The zero-order chi connectivity index (χ0) is 17.6. The molecule has 7 heteroatoms. The normalized spacial score (nSPS) is 14.3. The van der Waals surface area contributed by atoms with Gasteiger partial charge in [0.05, 0.1) is 12.1 Å². The molecule has 0 radical (unpaired) electrons. The van der Waals surface area contributed by atoms with Gasteiger partial charge in [0.2, 0.25) is 5.91 Å². The van der Waals surface area contributed by atoms with Crippen molar-refractivity contribution >= 4 is 34.1 Å². The molecule has 1 aliphatic carbocycles. The van der Waals surface area contributed by atoms with E-state index in [1.165, 1.54) is 24.2 Å². The maximum atomic E-state index is 12.1. The summed E-state index contributed by atoms with van der Waals surface area (Å²) in [6, 6.07) is 7.67. The van der Waals surface area contributed by atoms with Crippen molar-refractivity contribution in [2.24, 2.45) is 0 Å². The fourth-order valence-corrected chi connectivity index (χ4v) is 3.61. The van der Waals surface area contributed by atoms with Gasteiger partial charge in [-0.05, 0) is 31.4 Å². The Labute approximate surface area is 151 Å². The maximum Gasteiger partial charge on any atom is 0.321 e. The second-order valence-electron chi connectivity index (χ2n) is 6.26. The summed E-state index contributed by atoms with van der Waals surface area (Å²) in [7, 11) is 0. The predicted molar refractivity (Wildman–Crippen MR) is 100 cm³/mol. The number of carbonyl (C=O) groups excluding carboxylic acids is 2. The van der Waals surface area contributed by atoms with Gasteiger partial charge in [-0.3, -0.25) is 10.1 Å². The van der Waals surface area contributed by atoms with Crippen molar-refractivity contribution in [2.45, 2.75) is 45.1 Å². The number of carbonyl (C=O) groups is 2. The molecule has 0 aliphatic heterocycles. The number of nitrogens with zero attached hydrogens (tertiary/aromatic N) is 1. The summed E-state index contributed by atoms with van der Waals surface area (Å²) in [6.07, 6.45) is 4.59. The Bertz CT molecular complexity index is 753. The smallest absolute Gasteiger partial charge is 0.321 e. The Morgan fingerprint density at radius 1 is 1.20 bits per heavy atom. The third-order valence-corrected chi connectivity index (χ3v) is 5.03. The van der Waals surface area contributed by atoms with Crippen LogP contribution < -0.4 is 16.0 Å². The van der Waals surface area contributed by atoms with Crippen molar-refractivity contribution in [3.05, 3.63) is 40.9 Å². The minimum atomic E-state index is -0.225. The number of nitrogens with one attached hydrogen (secondary N) is 3. The Balaban J connectivity index is 1.50. The number of amides is 3. The number of aromatic nitrogens is 1. The van der Waals surface area contributed by atoms with Crippen LogP contribution in [-0.2, 0) is 11.2 Å². The van der Waals surface area contributed by atoms with Gasteiger partial charge >= 0.3 is 6.03 Å². The second kappa shape index (κ2) is 8.11. The highest BCUT2D eigenvalue weighted by Gasteiger charge is 2.17. The summed E-state index contributed by atoms with van der Waals surface area (Å²) >= 11 is 1.32. The monoisotopic (exact) mass is 358 g/mol. The molecule has 1 fully saturated rings. The minimum absolute atomic E-state index is 0.124. The van der Waals surface area contributed by atoms with Gasteiger partial charge in [-0.2, -0.15) is 0 Å². The van der Waals surface area contributed by atoms with E-state index in [0.29, 0.717) is 10.8 Å². The summed E-state index contributed by atoms with van der Waals surface area (Å²) < 4.78 is 0. The first-order valence-electron chi connectivity index (χ1n) is 8.47. The average molecular weight is 358 g/mol. The van der Waals surface area contributed by atoms with Crippen LogP contribution in [0.15, 0.2) is 29.6 Å². The molecule has 0 atom stereocenters. The van der Waals surface area contributed by atoms with Gasteiger partial charge in [0.25, 0.3) is 0 Å². The highest BCUT2D eigenvalue weighted by Crippen LogP contribution is 2.19. The van der Waals surface area contributed by atoms with E-state index in [4.69, 9.17) is 0 Å². The molecule has 0 saturated heterocycles. The quantitative estimate of drug-likeness (QED) is 0.762. The number of thiazole rings is 1. The lowest BCUT2D eigenvalue weighted by Crippen LogP contribution is -2.36. The van der Waals surface area contributed by atoms with Crippen LogP contribution in [0.1, 0.15) is 36.9 Å². The van der Waals surface area contributed by atoms with Gasteiger partial charge in [-0.25, -0.2) is 9.78 Å². The van der Waals surface area contributed by atoms with E-state index in [-0.39, 0.29) is 24.4 Å². The third kappa shape index (κ3) is 5.03. The van der Waals surface area contributed by atoms with Gasteiger partial charge in [0.1, 0.15) is 0 Å². The largest absolute Gasteiger partial charge is 0.335 e. The molecule has 2 aromatic rings. The molecule has 0 spiro atoms. The number of para-hydroxylation sites is 1. The van der Waals surface area contributed by atoms with Crippen LogP contribution in [-0.4, -0.2) is 23.0 Å². The Morgan fingerprint density at radius 2 is 1.96 bits per heavy atom. The van der Waals surface area contributed by atoms with Crippen LogP contribution in [0.25, 0.3) is 0 Å².